The fraction of sp³-hybridized carbons (Fsp3) is 0.647. The van der Waals surface area contributed by atoms with Crippen LogP contribution < -0.4 is 10.1 Å². The monoisotopic (exact) mass is 261 g/mol. The van der Waals surface area contributed by atoms with Crippen molar-refractivity contribution < 1.29 is 4.74 Å². The van der Waals surface area contributed by atoms with Crippen LogP contribution in [0.1, 0.15) is 52.5 Å². The van der Waals surface area contributed by atoms with E-state index >= 15 is 0 Å². The van der Waals surface area contributed by atoms with Gasteiger partial charge in [-0.25, -0.2) is 0 Å². The van der Waals surface area contributed by atoms with Crippen LogP contribution in [0.15, 0.2) is 24.3 Å². The average Bonchev–Trinajstić information content (AvgIpc) is 2.72. The van der Waals surface area contributed by atoms with Crippen molar-refractivity contribution in [3.05, 3.63) is 29.8 Å². The van der Waals surface area contributed by atoms with Crippen LogP contribution in [0.2, 0.25) is 0 Å². The van der Waals surface area contributed by atoms with Gasteiger partial charge in [0.15, 0.2) is 0 Å². The lowest BCUT2D eigenvalue weighted by Gasteiger charge is -2.26. The molecule has 0 radical (unpaired) electrons. The molecule has 106 valence electrons. The van der Waals surface area contributed by atoms with E-state index in [1.807, 2.05) is 0 Å². The van der Waals surface area contributed by atoms with Crippen molar-refractivity contribution in [1.82, 2.24) is 5.32 Å². The zero-order chi connectivity index (χ0) is 13.9. The fourth-order valence-electron chi connectivity index (χ4n) is 3.18. The van der Waals surface area contributed by atoms with Crippen molar-refractivity contribution in [2.45, 2.75) is 64.5 Å². The molecule has 1 aliphatic carbocycles. The molecule has 0 saturated heterocycles. The van der Waals surface area contributed by atoms with E-state index < -0.39 is 0 Å². The zero-order valence-electron chi connectivity index (χ0n) is 12.7. The first-order valence-electron chi connectivity index (χ1n) is 7.54. The molecular weight excluding hydrogens is 234 g/mol. The van der Waals surface area contributed by atoms with Gasteiger partial charge >= 0.3 is 0 Å². The fourth-order valence-corrected chi connectivity index (χ4v) is 3.18. The van der Waals surface area contributed by atoms with Crippen molar-refractivity contribution in [2.24, 2.45) is 0 Å². The summed E-state index contributed by atoms with van der Waals surface area (Å²) in [5.41, 5.74) is 1.72. The minimum atomic E-state index is 0.237. The van der Waals surface area contributed by atoms with Crippen LogP contribution in [-0.4, -0.2) is 18.7 Å². The molecule has 2 nitrogen and oxygen atoms in total. The largest absolute Gasteiger partial charge is 0.491 e. The molecule has 0 bridgehead atoms. The summed E-state index contributed by atoms with van der Waals surface area (Å²) in [6.45, 7) is 9.79. The SMILES string of the molecule is CCNC1CCC(C)(c2cccc(OC(C)C)c2)C1. The molecule has 19 heavy (non-hydrogen) atoms. The second-order valence-electron chi connectivity index (χ2n) is 6.25. The van der Waals surface area contributed by atoms with Gasteiger partial charge in [-0.15, -0.1) is 0 Å². The summed E-state index contributed by atoms with van der Waals surface area (Å²) in [5, 5.41) is 3.58. The second-order valence-corrected chi connectivity index (χ2v) is 6.25. The predicted molar refractivity (Wildman–Crippen MR) is 80.9 cm³/mol. The van der Waals surface area contributed by atoms with Gasteiger partial charge in [0.1, 0.15) is 5.75 Å². The van der Waals surface area contributed by atoms with Crippen LogP contribution >= 0.6 is 0 Å². The highest BCUT2D eigenvalue weighted by atomic mass is 16.5. The van der Waals surface area contributed by atoms with Gasteiger partial charge in [-0.05, 0) is 62.8 Å². The number of hydrogen-bond donors (Lipinski definition) is 1. The number of hydrogen-bond acceptors (Lipinski definition) is 2. The molecule has 2 rings (SSSR count). The molecule has 0 spiro atoms. The van der Waals surface area contributed by atoms with E-state index in [0.717, 1.165) is 12.3 Å². The topological polar surface area (TPSA) is 21.3 Å². The Bertz CT molecular complexity index is 415. The van der Waals surface area contributed by atoms with Gasteiger partial charge in [-0.2, -0.15) is 0 Å². The number of rotatable bonds is 5. The second kappa shape index (κ2) is 5.96. The molecule has 2 heteroatoms. The maximum Gasteiger partial charge on any atom is 0.119 e. The molecule has 2 unspecified atom stereocenters. The lowest BCUT2D eigenvalue weighted by atomic mass is 9.81. The van der Waals surface area contributed by atoms with Crippen molar-refractivity contribution in [2.75, 3.05) is 6.54 Å². The highest BCUT2D eigenvalue weighted by molar-refractivity contribution is 5.34. The van der Waals surface area contributed by atoms with Crippen LogP contribution in [0.4, 0.5) is 0 Å². The van der Waals surface area contributed by atoms with E-state index in [2.05, 4.69) is 57.3 Å². The molecule has 1 aliphatic rings. The van der Waals surface area contributed by atoms with E-state index in [0.29, 0.717) is 11.5 Å². The highest BCUT2D eigenvalue weighted by Gasteiger charge is 2.36. The van der Waals surface area contributed by atoms with Crippen molar-refractivity contribution >= 4 is 0 Å². The molecule has 1 aromatic carbocycles. The summed E-state index contributed by atoms with van der Waals surface area (Å²) in [4.78, 5) is 0. The Morgan fingerprint density at radius 2 is 2.21 bits per heavy atom. The summed E-state index contributed by atoms with van der Waals surface area (Å²) in [6, 6.07) is 9.34. The van der Waals surface area contributed by atoms with Crippen LogP contribution in [-0.2, 0) is 5.41 Å². The number of benzene rings is 1. The maximum absolute atomic E-state index is 5.82. The minimum absolute atomic E-state index is 0.237. The Labute approximate surface area is 117 Å². The quantitative estimate of drug-likeness (QED) is 0.868. The predicted octanol–water partition coefficient (Wildman–Crippen LogP) is 3.89. The Kier molecular flexibility index (Phi) is 4.51. The van der Waals surface area contributed by atoms with Crippen molar-refractivity contribution in [1.29, 1.82) is 0 Å². The smallest absolute Gasteiger partial charge is 0.119 e. The number of ether oxygens (including phenoxy) is 1. The number of nitrogens with one attached hydrogen (secondary N) is 1. The van der Waals surface area contributed by atoms with Gasteiger partial charge < -0.3 is 10.1 Å². The normalized spacial score (nSPS) is 26.9. The molecule has 2 atom stereocenters. The van der Waals surface area contributed by atoms with E-state index in [1.54, 1.807) is 0 Å². The average molecular weight is 261 g/mol. The highest BCUT2D eigenvalue weighted by Crippen LogP contribution is 2.41. The van der Waals surface area contributed by atoms with E-state index in [9.17, 15) is 0 Å². The lowest BCUT2D eigenvalue weighted by molar-refractivity contribution is 0.241. The zero-order valence-corrected chi connectivity index (χ0v) is 12.7. The summed E-state index contributed by atoms with van der Waals surface area (Å²) >= 11 is 0. The Hall–Kier alpha value is -1.02. The first-order chi connectivity index (χ1) is 9.03. The molecule has 1 saturated carbocycles. The molecule has 0 amide bonds. The van der Waals surface area contributed by atoms with Gasteiger partial charge in [0.25, 0.3) is 0 Å². The maximum atomic E-state index is 5.82. The van der Waals surface area contributed by atoms with Crippen LogP contribution in [0.3, 0.4) is 0 Å². The third kappa shape index (κ3) is 3.50. The Balaban J connectivity index is 2.13. The molecule has 0 heterocycles. The Morgan fingerprint density at radius 1 is 1.42 bits per heavy atom. The van der Waals surface area contributed by atoms with Gasteiger partial charge in [0.2, 0.25) is 0 Å². The van der Waals surface area contributed by atoms with Gasteiger partial charge in [0, 0.05) is 6.04 Å². The third-order valence-electron chi connectivity index (χ3n) is 4.14. The summed E-state index contributed by atoms with van der Waals surface area (Å²) in [5.74, 6) is 1.00. The summed E-state index contributed by atoms with van der Waals surface area (Å²) in [7, 11) is 0. The molecular formula is C17H27NO. The third-order valence-corrected chi connectivity index (χ3v) is 4.14. The van der Waals surface area contributed by atoms with Crippen LogP contribution in [0.25, 0.3) is 0 Å². The molecule has 1 fully saturated rings. The molecule has 1 aromatic rings. The standard InChI is InChI=1S/C17H27NO/c1-5-18-15-9-10-17(4,12-15)14-7-6-8-16(11-14)19-13(2)3/h6-8,11,13,15,18H,5,9-10,12H2,1-4H3. The van der Waals surface area contributed by atoms with Gasteiger partial charge in [0.05, 0.1) is 6.10 Å². The Morgan fingerprint density at radius 3 is 2.89 bits per heavy atom. The molecule has 0 aliphatic heterocycles. The van der Waals surface area contributed by atoms with Crippen LogP contribution in [0.5, 0.6) is 5.75 Å². The molecule has 0 aromatic heterocycles. The van der Waals surface area contributed by atoms with Crippen molar-refractivity contribution in [3.63, 3.8) is 0 Å². The van der Waals surface area contributed by atoms with Gasteiger partial charge in [-0.1, -0.05) is 26.0 Å². The first-order valence-corrected chi connectivity index (χ1v) is 7.54. The van der Waals surface area contributed by atoms with E-state index in [-0.39, 0.29) is 6.10 Å². The van der Waals surface area contributed by atoms with Crippen molar-refractivity contribution in [3.8, 4) is 5.75 Å². The first kappa shape index (κ1) is 14.4. The minimum Gasteiger partial charge on any atom is -0.491 e. The summed E-state index contributed by atoms with van der Waals surface area (Å²) < 4.78 is 5.82. The van der Waals surface area contributed by atoms with Crippen LogP contribution in [0, 0.1) is 0 Å². The lowest BCUT2D eigenvalue weighted by Crippen LogP contribution is -2.28. The van der Waals surface area contributed by atoms with E-state index in [1.165, 1.54) is 24.8 Å². The molecule has 1 N–H and O–H groups in total. The van der Waals surface area contributed by atoms with Gasteiger partial charge in [-0.3, -0.25) is 0 Å². The van der Waals surface area contributed by atoms with E-state index in [4.69, 9.17) is 4.74 Å². The summed E-state index contributed by atoms with van der Waals surface area (Å²) in [6.07, 6.45) is 4.00.